The predicted octanol–water partition coefficient (Wildman–Crippen LogP) is 4.92. The molecule has 0 amide bonds. The lowest BCUT2D eigenvalue weighted by Gasteiger charge is -2.39. The van der Waals surface area contributed by atoms with Gasteiger partial charge in [-0.05, 0) is 65.8 Å². The molecule has 0 saturated carbocycles. The van der Waals surface area contributed by atoms with Crippen LogP contribution in [0, 0.1) is 0 Å². The Kier molecular flexibility index (Phi) is 6.97. The number of nitrogen functional groups attached to an aromatic ring is 2. The molecule has 148 valence electrons. The van der Waals surface area contributed by atoms with Crippen molar-refractivity contribution in [2.75, 3.05) is 11.5 Å². The van der Waals surface area contributed by atoms with E-state index in [-0.39, 0.29) is 12.1 Å². The SMILES string of the molecule is CC(Oc1cccc(Oc2ccc(N)c(N)c2)c1)C(C)N(C(C)C)C(C)C. The average Bonchev–Trinajstić information content (AvgIpc) is 2.58. The second-order valence-electron chi connectivity index (χ2n) is 7.57. The number of ether oxygens (including phenoxy) is 2. The fourth-order valence-electron chi connectivity index (χ4n) is 3.46. The molecule has 0 radical (unpaired) electrons. The quantitative estimate of drug-likeness (QED) is 0.644. The Morgan fingerprint density at radius 1 is 0.741 bits per heavy atom. The summed E-state index contributed by atoms with van der Waals surface area (Å²) in [5.41, 5.74) is 12.6. The van der Waals surface area contributed by atoms with E-state index in [4.69, 9.17) is 20.9 Å². The van der Waals surface area contributed by atoms with E-state index in [1.807, 2.05) is 24.3 Å². The van der Waals surface area contributed by atoms with Crippen LogP contribution in [0.1, 0.15) is 41.5 Å². The summed E-state index contributed by atoms with van der Waals surface area (Å²) in [6.45, 7) is 13.2. The third kappa shape index (κ3) is 5.54. The summed E-state index contributed by atoms with van der Waals surface area (Å²) in [5, 5.41) is 0. The number of hydrogen-bond donors (Lipinski definition) is 2. The van der Waals surface area contributed by atoms with Gasteiger partial charge in [0.15, 0.2) is 0 Å². The third-order valence-electron chi connectivity index (χ3n) is 4.76. The van der Waals surface area contributed by atoms with Gasteiger partial charge in [-0.15, -0.1) is 0 Å². The van der Waals surface area contributed by atoms with Gasteiger partial charge < -0.3 is 20.9 Å². The van der Waals surface area contributed by atoms with Crippen molar-refractivity contribution in [1.82, 2.24) is 4.90 Å². The number of hydrogen-bond acceptors (Lipinski definition) is 5. The van der Waals surface area contributed by atoms with Crippen LogP contribution in [-0.2, 0) is 0 Å². The Morgan fingerprint density at radius 3 is 1.93 bits per heavy atom. The Morgan fingerprint density at radius 2 is 1.33 bits per heavy atom. The molecule has 2 aromatic carbocycles. The van der Waals surface area contributed by atoms with Crippen LogP contribution in [0.5, 0.6) is 17.2 Å². The van der Waals surface area contributed by atoms with E-state index in [2.05, 4.69) is 46.4 Å². The summed E-state index contributed by atoms with van der Waals surface area (Å²) in [4.78, 5) is 2.46. The van der Waals surface area contributed by atoms with Gasteiger partial charge in [-0.25, -0.2) is 0 Å². The van der Waals surface area contributed by atoms with Crippen LogP contribution in [0.15, 0.2) is 42.5 Å². The predicted molar refractivity (Wildman–Crippen MR) is 113 cm³/mol. The van der Waals surface area contributed by atoms with E-state index in [0.717, 1.165) is 5.75 Å². The monoisotopic (exact) mass is 371 g/mol. The van der Waals surface area contributed by atoms with Gasteiger partial charge in [0.1, 0.15) is 23.4 Å². The standard InChI is InChI=1S/C22H33N3O2/c1-14(2)25(15(3)4)16(5)17(6)26-18-8-7-9-19(12-18)27-20-10-11-21(23)22(24)13-20/h7-17H,23-24H2,1-6H3. The topological polar surface area (TPSA) is 73.7 Å². The molecule has 5 heteroatoms. The normalized spacial score (nSPS) is 13.8. The lowest BCUT2D eigenvalue weighted by atomic mass is 10.1. The van der Waals surface area contributed by atoms with Crippen LogP contribution < -0.4 is 20.9 Å². The van der Waals surface area contributed by atoms with Crippen molar-refractivity contribution in [3.8, 4) is 17.2 Å². The smallest absolute Gasteiger partial charge is 0.131 e. The zero-order valence-electron chi connectivity index (χ0n) is 17.3. The fraction of sp³-hybridized carbons (Fsp3) is 0.455. The molecule has 0 saturated heterocycles. The van der Waals surface area contributed by atoms with Crippen LogP contribution in [-0.4, -0.2) is 29.1 Å². The van der Waals surface area contributed by atoms with Crippen molar-refractivity contribution in [2.45, 2.75) is 65.8 Å². The summed E-state index contributed by atoms with van der Waals surface area (Å²) < 4.78 is 12.1. The van der Waals surface area contributed by atoms with Crippen LogP contribution in [0.25, 0.3) is 0 Å². The van der Waals surface area contributed by atoms with Gasteiger partial charge in [-0.1, -0.05) is 6.07 Å². The molecule has 2 rings (SSSR count). The van der Waals surface area contributed by atoms with E-state index < -0.39 is 0 Å². The first-order valence-electron chi connectivity index (χ1n) is 9.56. The van der Waals surface area contributed by atoms with E-state index in [1.165, 1.54) is 0 Å². The Balaban J connectivity index is 2.09. The number of benzene rings is 2. The highest BCUT2D eigenvalue weighted by molar-refractivity contribution is 5.65. The molecule has 5 nitrogen and oxygen atoms in total. The molecule has 0 heterocycles. The van der Waals surface area contributed by atoms with Crippen molar-refractivity contribution < 1.29 is 9.47 Å². The van der Waals surface area contributed by atoms with Gasteiger partial charge >= 0.3 is 0 Å². The minimum Gasteiger partial charge on any atom is -0.489 e. The van der Waals surface area contributed by atoms with E-state index in [1.54, 1.807) is 18.2 Å². The molecule has 4 N–H and O–H groups in total. The maximum Gasteiger partial charge on any atom is 0.131 e. The van der Waals surface area contributed by atoms with Crippen molar-refractivity contribution in [3.63, 3.8) is 0 Å². The molecule has 0 aliphatic rings. The second kappa shape index (κ2) is 9.00. The Hall–Kier alpha value is -2.40. The maximum absolute atomic E-state index is 6.21. The van der Waals surface area contributed by atoms with Crippen molar-refractivity contribution >= 4 is 11.4 Å². The summed E-state index contributed by atoms with van der Waals surface area (Å²) >= 11 is 0. The zero-order chi connectivity index (χ0) is 20.1. The highest BCUT2D eigenvalue weighted by Gasteiger charge is 2.26. The van der Waals surface area contributed by atoms with Crippen LogP contribution in [0.4, 0.5) is 11.4 Å². The van der Waals surface area contributed by atoms with E-state index in [0.29, 0.717) is 35.0 Å². The molecule has 2 aromatic rings. The molecule has 27 heavy (non-hydrogen) atoms. The Bertz CT molecular complexity index is 738. The van der Waals surface area contributed by atoms with Gasteiger partial charge in [0.25, 0.3) is 0 Å². The lowest BCUT2D eigenvalue weighted by Crippen LogP contribution is -2.49. The first kappa shape index (κ1) is 20.9. The van der Waals surface area contributed by atoms with Crippen molar-refractivity contribution in [3.05, 3.63) is 42.5 Å². The molecule has 0 aliphatic heterocycles. The largest absolute Gasteiger partial charge is 0.489 e. The third-order valence-corrected chi connectivity index (χ3v) is 4.76. The molecule has 0 fully saturated rings. The summed E-state index contributed by atoms with van der Waals surface area (Å²) in [7, 11) is 0. The summed E-state index contributed by atoms with van der Waals surface area (Å²) in [5.74, 6) is 2.12. The minimum atomic E-state index is 0.0391. The number of nitrogens with zero attached hydrogens (tertiary/aromatic N) is 1. The van der Waals surface area contributed by atoms with Gasteiger partial charge in [0, 0.05) is 30.3 Å². The van der Waals surface area contributed by atoms with Gasteiger partial charge in [-0.3, -0.25) is 4.90 Å². The highest BCUT2D eigenvalue weighted by atomic mass is 16.5. The number of nitrogens with two attached hydrogens (primary N) is 2. The first-order chi connectivity index (χ1) is 12.7. The molecular weight excluding hydrogens is 338 g/mol. The van der Waals surface area contributed by atoms with Gasteiger partial charge in [0.05, 0.1) is 11.4 Å². The zero-order valence-corrected chi connectivity index (χ0v) is 17.3. The molecular formula is C22H33N3O2. The molecule has 2 unspecified atom stereocenters. The lowest BCUT2D eigenvalue weighted by molar-refractivity contribution is 0.0437. The molecule has 0 bridgehead atoms. The maximum atomic E-state index is 6.21. The highest BCUT2D eigenvalue weighted by Crippen LogP contribution is 2.29. The molecule has 2 atom stereocenters. The van der Waals surface area contributed by atoms with E-state index >= 15 is 0 Å². The Labute approximate surface area is 163 Å². The second-order valence-corrected chi connectivity index (χ2v) is 7.57. The van der Waals surface area contributed by atoms with Crippen LogP contribution in [0.3, 0.4) is 0 Å². The van der Waals surface area contributed by atoms with Crippen molar-refractivity contribution in [1.29, 1.82) is 0 Å². The fourth-order valence-corrected chi connectivity index (χ4v) is 3.46. The van der Waals surface area contributed by atoms with Gasteiger partial charge in [0.2, 0.25) is 0 Å². The number of anilines is 2. The number of rotatable bonds is 8. The molecule has 0 aromatic heterocycles. The molecule has 0 spiro atoms. The minimum absolute atomic E-state index is 0.0391. The first-order valence-corrected chi connectivity index (χ1v) is 9.56. The summed E-state index contributed by atoms with van der Waals surface area (Å²) in [6, 6.07) is 14.1. The van der Waals surface area contributed by atoms with E-state index in [9.17, 15) is 0 Å². The van der Waals surface area contributed by atoms with Crippen LogP contribution in [0.2, 0.25) is 0 Å². The summed E-state index contributed by atoms with van der Waals surface area (Å²) in [6.07, 6.45) is 0.0391. The molecule has 0 aliphatic carbocycles. The average molecular weight is 372 g/mol. The van der Waals surface area contributed by atoms with Crippen LogP contribution >= 0.6 is 0 Å². The van der Waals surface area contributed by atoms with Crippen molar-refractivity contribution in [2.24, 2.45) is 0 Å². The van der Waals surface area contributed by atoms with Gasteiger partial charge in [-0.2, -0.15) is 0 Å².